The van der Waals surface area contributed by atoms with Crippen molar-refractivity contribution in [3.8, 4) is 0 Å². The second kappa shape index (κ2) is 11.3. The summed E-state index contributed by atoms with van der Waals surface area (Å²) in [4.78, 5) is 26.6. The number of aliphatic hydroxyl groups excluding tert-OH is 2. The fourth-order valence-corrected chi connectivity index (χ4v) is 3.84. The Hall–Kier alpha value is -2.91. The lowest BCUT2D eigenvalue weighted by molar-refractivity contribution is -0.154. The van der Waals surface area contributed by atoms with Crippen molar-refractivity contribution in [2.45, 2.75) is 38.1 Å². The quantitative estimate of drug-likeness (QED) is 0.398. The van der Waals surface area contributed by atoms with Gasteiger partial charge in [-0.1, -0.05) is 35.9 Å². The number of aliphatic hydroxyl groups is 2. The molecule has 0 aliphatic carbocycles. The SMILES string of the molecule is C[C@@H](NC(=O)[C@H](O)[C@@H](O)C(=O)N1CCc2cc(Cl)ccc2C1)c1ccc(N/C=C\CN)cc1. The van der Waals surface area contributed by atoms with Crippen molar-refractivity contribution in [3.05, 3.63) is 76.5 Å². The lowest BCUT2D eigenvalue weighted by Gasteiger charge is -2.31. The zero-order valence-corrected chi connectivity index (χ0v) is 19.1. The molecule has 3 atom stereocenters. The lowest BCUT2D eigenvalue weighted by Crippen LogP contribution is -2.51. The minimum atomic E-state index is -1.88. The second-order valence-corrected chi connectivity index (χ2v) is 8.38. The van der Waals surface area contributed by atoms with Gasteiger partial charge in [0.15, 0.2) is 12.2 Å². The van der Waals surface area contributed by atoms with Crippen molar-refractivity contribution in [2.75, 3.05) is 18.4 Å². The summed E-state index contributed by atoms with van der Waals surface area (Å²) in [5, 5.41) is 27.0. The Kier molecular flexibility index (Phi) is 8.46. The van der Waals surface area contributed by atoms with Gasteiger partial charge in [0.1, 0.15) is 0 Å². The molecular weight excluding hydrogens is 444 g/mol. The van der Waals surface area contributed by atoms with Crippen molar-refractivity contribution in [2.24, 2.45) is 5.73 Å². The summed E-state index contributed by atoms with van der Waals surface area (Å²) in [5.41, 5.74) is 9.03. The minimum absolute atomic E-state index is 0.286. The van der Waals surface area contributed by atoms with Gasteiger partial charge < -0.3 is 31.5 Å². The number of amides is 2. The molecule has 0 radical (unpaired) electrons. The van der Waals surface area contributed by atoms with Gasteiger partial charge >= 0.3 is 0 Å². The summed E-state index contributed by atoms with van der Waals surface area (Å²) in [6.07, 6.45) is 0.370. The molecule has 1 aliphatic heterocycles. The number of rotatable bonds is 8. The zero-order chi connectivity index (χ0) is 24.0. The highest BCUT2D eigenvalue weighted by atomic mass is 35.5. The van der Waals surface area contributed by atoms with Crippen LogP contribution in [-0.4, -0.2) is 52.2 Å². The number of nitrogens with zero attached hydrogens (tertiary/aromatic N) is 1. The molecule has 2 aromatic carbocycles. The Bertz CT molecular complexity index is 1010. The van der Waals surface area contributed by atoms with Crippen LogP contribution < -0.4 is 16.4 Å². The van der Waals surface area contributed by atoms with E-state index < -0.39 is 30.1 Å². The Morgan fingerprint density at radius 3 is 2.58 bits per heavy atom. The van der Waals surface area contributed by atoms with Gasteiger partial charge in [-0.25, -0.2) is 0 Å². The predicted molar refractivity (Wildman–Crippen MR) is 127 cm³/mol. The van der Waals surface area contributed by atoms with Crippen LogP contribution in [0.1, 0.15) is 29.7 Å². The van der Waals surface area contributed by atoms with E-state index in [4.69, 9.17) is 17.3 Å². The van der Waals surface area contributed by atoms with Crippen LogP contribution in [0.2, 0.25) is 5.02 Å². The lowest BCUT2D eigenvalue weighted by atomic mass is 9.99. The Morgan fingerprint density at radius 1 is 1.15 bits per heavy atom. The molecule has 176 valence electrons. The van der Waals surface area contributed by atoms with Crippen molar-refractivity contribution >= 4 is 29.1 Å². The molecule has 8 nitrogen and oxygen atoms in total. The van der Waals surface area contributed by atoms with E-state index in [0.717, 1.165) is 22.4 Å². The van der Waals surface area contributed by atoms with E-state index in [1.807, 2.05) is 36.4 Å². The van der Waals surface area contributed by atoms with Gasteiger partial charge in [-0.2, -0.15) is 0 Å². The number of hydrogen-bond donors (Lipinski definition) is 5. The Morgan fingerprint density at radius 2 is 1.88 bits per heavy atom. The number of benzene rings is 2. The van der Waals surface area contributed by atoms with Gasteiger partial charge in [0.2, 0.25) is 0 Å². The smallest absolute Gasteiger partial charge is 0.255 e. The second-order valence-electron chi connectivity index (χ2n) is 7.95. The molecule has 2 amide bonds. The fourth-order valence-electron chi connectivity index (χ4n) is 3.65. The molecule has 2 aromatic rings. The van der Waals surface area contributed by atoms with Crippen LogP contribution in [0.3, 0.4) is 0 Å². The van der Waals surface area contributed by atoms with Crippen LogP contribution in [0.15, 0.2) is 54.7 Å². The third kappa shape index (κ3) is 6.33. The zero-order valence-electron chi connectivity index (χ0n) is 18.4. The summed E-state index contributed by atoms with van der Waals surface area (Å²) in [6, 6.07) is 12.3. The Labute approximate surface area is 198 Å². The maximum Gasteiger partial charge on any atom is 0.255 e. The van der Waals surface area contributed by atoms with Crippen LogP contribution in [0.5, 0.6) is 0 Å². The van der Waals surface area contributed by atoms with Crippen LogP contribution in [0, 0.1) is 0 Å². The number of carbonyl (C=O) groups is 2. The maximum atomic E-state index is 12.7. The average molecular weight is 473 g/mol. The van der Waals surface area contributed by atoms with E-state index >= 15 is 0 Å². The summed E-state index contributed by atoms with van der Waals surface area (Å²) in [6.45, 7) is 2.84. The molecule has 9 heteroatoms. The van der Waals surface area contributed by atoms with E-state index in [0.29, 0.717) is 24.5 Å². The van der Waals surface area contributed by atoms with Crippen molar-refractivity contribution < 1.29 is 19.8 Å². The van der Waals surface area contributed by atoms with E-state index in [-0.39, 0.29) is 6.54 Å². The van der Waals surface area contributed by atoms with Gasteiger partial charge in [-0.15, -0.1) is 0 Å². The summed E-state index contributed by atoms with van der Waals surface area (Å²) >= 11 is 6.01. The molecule has 33 heavy (non-hydrogen) atoms. The summed E-state index contributed by atoms with van der Waals surface area (Å²) in [5.74, 6) is -1.51. The van der Waals surface area contributed by atoms with E-state index in [1.165, 1.54) is 4.90 Å². The van der Waals surface area contributed by atoms with Crippen molar-refractivity contribution in [1.29, 1.82) is 0 Å². The fraction of sp³-hybridized carbons (Fsp3) is 0.333. The molecule has 0 unspecified atom stereocenters. The molecule has 0 saturated heterocycles. The summed E-state index contributed by atoms with van der Waals surface area (Å²) < 4.78 is 0. The largest absolute Gasteiger partial charge is 0.380 e. The van der Waals surface area contributed by atoms with Gasteiger partial charge in [-0.05, 0) is 60.5 Å². The monoisotopic (exact) mass is 472 g/mol. The maximum absolute atomic E-state index is 12.7. The first-order chi connectivity index (χ1) is 15.8. The van der Waals surface area contributed by atoms with Crippen LogP contribution in [-0.2, 0) is 22.6 Å². The molecule has 0 spiro atoms. The number of fused-ring (bicyclic) bond motifs is 1. The van der Waals surface area contributed by atoms with Gasteiger partial charge in [0.05, 0.1) is 6.04 Å². The third-order valence-electron chi connectivity index (χ3n) is 5.59. The minimum Gasteiger partial charge on any atom is -0.380 e. The van der Waals surface area contributed by atoms with Crippen molar-refractivity contribution in [1.82, 2.24) is 10.2 Å². The highest BCUT2D eigenvalue weighted by molar-refractivity contribution is 6.30. The van der Waals surface area contributed by atoms with Gasteiger partial charge in [0.25, 0.3) is 11.8 Å². The van der Waals surface area contributed by atoms with E-state index in [2.05, 4.69) is 10.6 Å². The van der Waals surface area contributed by atoms with Gasteiger partial charge in [-0.3, -0.25) is 9.59 Å². The molecular formula is C24H29ClN4O4. The Balaban J connectivity index is 1.56. The molecule has 1 heterocycles. The highest BCUT2D eigenvalue weighted by Crippen LogP contribution is 2.23. The van der Waals surface area contributed by atoms with Crippen LogP contribution in [0.4, 0.5) is 5.69 Å². The van der Waals surface area contributed by atoms with Crippen LogP contribution in [0.25, 0.3) is 0 Å². The first-order valence-corrected chi connectivity index (χ1v) is 11.1. The predicted octanol–water partition coefficient (Wildman–Crippen LogP) is 1.71. The molecule has 0 aromatic heterocycles. The molecule has 1 aliphatic rings. The number of hydrogen-bond acceptors (Lipinski definition) is 6. The topological polar surface area (TPSA) is 128 Å². The highest BCUT2D eigenvalue weighted by Gasteiger charge is 2.35. The van der Waals surface area contributed by atoms with Gasteiger partial charge in [0, 0.05) is 30.3 Å². The van der Waals surface area contributed by atoms with Crippen LogP contribution >= 0.6 is 11.6 Å². The average Bonchev–Trinajstić information content (AvgIpc) is 2.82. The number of nitrogens with two attached hydrogens (primary N) is 1. The van der Waals surface area contributed by atoms with E-state index in [9.17, 15) is 19.8 Å². The molecule has 0 bridgehead atoms. The van der Waals surface area contributed by atoms with E-state index in [1.54, 1.807) is 25.3 Å². The number of carbonyl (C=O) groups excluding carboxylic acids is 2. The standard InChI is InChI=1S/C24H29ClN4O4/c1-15(16-4-7-20(8-5-16)27-11-2-10-26)28-23(32)21(30)22(31)24(33)29-12-9-17-13-19(25)6-3-18(17)14-29/h2-8,11,13,15,21-22,27,30-31H,9-10,12,14,26H2,1H3,(H,28,32)/b11-2-/t15-,21-,22-/m1/s1. The molecule has 0 saturated carbocycles. The molecule has 0 fully saturated rings. The number of nitrogens with one attached hydrogen (secondary N) is 2. The van der Waals surface area contributed by atoms with Crippen molar-refractivity contribution in [3.63, 3.8) is 0 Å². The normalized spacial score (nSPS) is 16.1. The first kappa shape index (κ1) is 24.7. The summed E-state index contributed by atoms with van der Waals surface area (Å²) in [7, 11) is 0. The third-order valence-corrected chi connectivity index (χ3v) is 5.82. The molecule has 6 N–H and O–H groups in total. The molecule has 3 rings (SSSR count). The number of halogens is 1. The number of anilines is 1. The first-order valence-electron chi connectivity index (χ1n) is 10.7.